The number of anilines is 2. The van der Waals surface area contributed by atoms with Crippen molar-refractivity contribution in [1.82, 2.24) is 0 Å². The van der Waals surface area contributed by atoms with E-state index in [9.17, 15) is 9.59 Å². The molecule has 1 fully saturated rings. The molecule has 0 bridgehead atoms. The molecule has 27 heavy (non-hydrogen) atoms. The predicted molar refractivity (Wildman–Crippen MR) is 109 cm³/mol. The summed E-state index contributed by atoms with van der Waals surface area (Å²) >= 11 is 0. The van der Waals surface area contributed by atoms with E-state index < -0.39 is 0 Å². The van der Waals surface area contributed by atoms with Crippen LogP contribution in [-0.4, -0.2) is 25.0 Å². The van der Waals surface area contributed by atoms with Crippen LogP contribution in [-0.2, 0) is 4.79 Å². The Morgan fingerprint density at radius 3 is 2.11 bits per heavy atom. The lowest BCUT2D eigenvalue weighted by molar-refractivity contribution is -0.119. The topological polar surface area (TPSA) is 93.5 Å². The number of halogens is 1. The Morgan fingerprint density at radius 1 is 0.963 bits per heavy atom. The quantitative estimate of drug-likeness (QED) is 0.730. The second-order valence-electron chi connectivity index (χ2n) is 6.52. The molecule has 1 saturated carbocycles. The first-order chi connectivity index (χ1) is 12.5. The van der Waals surface area contributed by atoms with Crippen LogP contribution >= 0.6 is 12.4 Å². The van der Waals surface area contributed by atoms with Gasteiger partial charge in [0.2, 0.25) is 5.91 Å². The third kappa shape index (κ3) is 5.45. The molecule has 1 aliphatic carbocycles. The molecule has 144 valence electrons. The summed E-state index contributed by atoms with van der Waals surface area (Å²) < 4.78 is 5.09. The highest BCUT2D eigenvalue weighted by Crippen LogP contribution is 2.25. The number of carbonyl (C=O) groups excluding carboxylic acids is 2. The molecule has 3 rings (SSSR count). The molecule has 0 aromatic heterocycles. The Kier molecular flexibility index (Phi) is 7.21. The first-order valence-electron chi connectivity index (χ1n) is 8.67. The highest BCUT2D eigenvalue weighted by molar-refractivity contribution is 6.04. The van der Waals surface area contributed by atoms with Gasteiger partial charge in [-0.15, -0.1) is 12.4 Å². The molecule has 2 aromatic carbocycles. The van der Waals surface area contributed by atoms with Crippen molar-refractivity contribution in [3.8, 4) is 5.75 Å². The maximum atomic E-state index is 12.3. The van der Waals surface area contributed by atoms with E-state index in [0.717, 1.165) is 25.0 Å². The summed E-state index contributed by atoms with van der Waals surface area (Å²) in [5.41, 5.74) is 7.74. The van der Waals surface area contributed by atoms with Gasteiger partial charge in [-0.1, -0.05) is 0 Å². The van der Waals surface area contributed by atoms with Gasteiger partial charge in [-0.2, -0.15) is 0 Å². The number of amides is 2. The fraction of sp³-hybridized carbons (Fsp3) is 0.300. The summed E-state index contributed by atoms with van der Waals surface area (Å²) in [6, 6.07) is 14.1. The molecule has 6 nitrogen and oxygen atoms in total. The smallest absolute Gasteiger partial charge is 0.255 e. The van der Waals surface area contributed by atoms with Crippen LogP contribution in [0.4, 0.5) is 11.4 Å². The van der Waals surface area contributed by atoms with Gasteiger partial charge in [0.1, 0.15) is 5.75 Å². The highest BCUT2D eigenvalue weighted by Gasteiger charge is 2.27. The summed E-state index contributed by atoms with van der Waals surface area (Å²) in [6.07, 6.45) is 2.45. The van der Waals surface area contributed by atoms with E-state index in [0.29, 0.717) is 16.9 Å². The fourth-order valence-electron chi connectivity index (χ4n) is 3.08. The summed E-state index contributed by atoms with van der Waals surface area (Å²) in [5.74, 6) is 0.484. The van der Waals surface area contributed by atoms with Crippen LogP contribution in [0.3, 0.4) is 0 Å². The molecular formula is C20H24ClN3O3. The zero-order valence-electron chi connectivity index (χ0n) is 15.1. The molecule has 0 heterocycles. The SMILES string of the molecule is COc1ccc(NC(=O)c2ccc(NC(=O)C3CCC(N)C3)cc2)cc1.Cl. The van der Waals surface area contributed by atoms with Crippen molar-refractivity contribution in [1.29, 1.82) is 0 Å². The van der Waals surface area contributed by atoms with Gasteiger partial charge in [0.25, 0.3) is 5.91 Å². The Hall–Kier alpha value is -2.57. The minimum absolute atomic E-state index is 0. The van der Waals surface area contributed by atoms with Gasteiger partial charge in [-0.05, 0) is 67.8 Å². The maximum absolute atomic E-state index is 12.3. The molecule has 2 aromatic rings. The molecule has 0 spiro atoms. The van der Waals surface area contributed by atoms with Crippen LogP contribution in [0.5, 0.6) is 5.75 Å². The number of hydrogen-bond acceptors (Lipinski definition) is 4. The molecule has 1 aliphatic rings. The van der Waals surface area contributed by atoms with E-state index in [1.165, 1.54) is 0 Å². The van der Waals surface area contributed by atoms with E-state index >= 15 is 0 Å². The third-order valence-corrected chi connectivity index (χ3v) is 4.61. The number of benzene rings is 2. The highest BCUT2D eigenvalue weighted by atomic mass is 35.5. The lowest BCUT2D eigenvalue weighted by atomic mass is 10.1. The van der Waals surface area contributed by atoms with Crippen LogP contribution < -0.4 is 21.1 Å². The van der Waals surface area contributed by atoms with E-state index in [-0.39, 0.29) is 36.2 Å². The van der Waals surface area contributed by atoms with Gasteiger partial charge < -0.3 is 21.1 Å². The monoisotopic (exact) mass is 389 g/mol. The minimum atomic E-state index is -0.213. The van der Waals surface area contributed by atoms with E-state index in [2.05, 4.69) is 10.6 Å². The second kappa shape index (κ2) is 9.39. The van der Waals surface area contributed by atoms with Gasteiger partial charge in [-0.3, -0.25) is 9.59 Å². The molecule has 7 heteroatoms. The number of ether oxygens (including phenoxy) is 1. The van der Waals surface area contributed by atoms with Gasteiger partial charge in [0, 0.05) is 28.9 Å². The second-order valence-corrected chi connectivity index (χ2v) is 6.52. The van der Waals surface area contributed by atoms with Crippen molar-refractivity contribution in [3.63, 3.8) is 0 Å². The maximum Gasteiger partial charge on any atom is 0.255 e. The average Bonchev–Trinajstić information content (AvgIpc) is 3.09. The molecule has 2 atom stereocenters. The fourth-order valence-corrected chi connectivity index (χ4v) is 3.08. The van der Waals surface area contributed by atoms with Crippen LogP contribution in [0.15, 0.2) is 48.5 Å². The van der Waals surface area contributed by atoms with Gasteiger partial charge >= 0.3 is 0 Å². The zero-order valence-corrected chi connectivity index (χ0v) is 15.9. The van der Waals surface area contributed by atoms with Crippen molar-refractivity contribution in [2.75, 3.05) is 17.7 Å². The molecule has 4 N–H and O–H groups in total. The summed E-state index contributed by atoms with van der Waals surface area (Å²) in [7, 11) is 1.59. The summed E-state index contributed by atoms with van der Waals surface area (Å²) in [5, 5.41) is 5.72. The number of nitrogens with one attached hydrogen (secondary N) is 2. The van der Waals surface area contributed by atoms with Crippen LogP contribution in [0.25, 0.3) is 0 Å². The zero-order chi connectivity index (χ0) is 18.5. The average molecular weight is 390 g/mol. The van der Waals surface area contributed by atoms with Crippen LogP contribution in [0, 0.1) is 5.92 Å². The molecule has 2 unspecified atom stereocenters. The first kappa shape index (κ1) is 20.7. The standard InChI is InChI=1S/C20H23N3O3.ClH/c1-26-18-10-8-17(9-11-18)22-19(24)13-3-6-16(7-4-13)23-20(25)14-2-5-15(21)12-14;/h3-4,6-11,14-15H,2,5,12,21H2,1H3,(H,22,24)(H,23,25);1H. The Balaban J connectivity index is 0.00000261. The molecule has 0 aliphatic heterocycles. The van der Waals surface area contributed by atoms with Crippen LogP contribution in [0.1, 0.15) is 29.6 Å². The first-order valence-corrected chi connectivity index (χ1v) is 8.67. The van der Waals surface area contributed by atoms with E-state index in [1.54, 1.807) is 55.6 Å². The molecule has 0 saturated heterocycles. The van der Waals surface area contributed by atoms with Crippen molar-refractivity contribution in [2.45, 2.75) is 25.3 Å². The Labute approximate surface area is 164 Å². The number of rotatable bonds is 5. The number of methoxy groups -OCH3 is 1. The number of hydrogen-bond donors (Lipinski definition) is 3. The summed E-state index contributed by atoms with van der Waals surface area (Å²) in [4.78, 5) is 24.5. The lowest BCUT2D eigenvalue weighted by Gasteiger charge is -2.11. The minimum Gasteiger partial charge on any atom is -0.497 e. The van der Waals surface area contributed by atoms with Gasteiger partial charge in [0.15, 0.2) is 0 Å². The lowest BCUT2D eigenvalue weighted by Crippen LogP contribution is -2.23. The van der Waals surface area contributed by atoms with E-state index in [4.69, 9.17) is 10.5 Å². The van der Waals surface area contributed by atoms with Crippen molar-refractivity contribution >= 4 is 35.6 Å². The summed E-state index contributed by atoms with van der Waals surface area (Å²) in [6.45, 7) is 0. The third-order valence-electron chi connectivity index (χ3n) is 4.61. The van der Waals surface area contributed by atoms with E-state index in [1.807, 2.05) is 0 Å². The predicted octanol–water partition coefficient (Wildman–Crippen LogP) is 3.44. The molecule has 0 radical (unpaired) electrons. The number of carbonyl (C=O) groups is 2. The van der Waals surface area contributed by atoms with Crippen molar-refractivity contribution < 1.29 is 14.3 Å². The van der Waals surface area contributed by atoms with Crippen molar-refractivity contribution in [3.05, 3.63) is 54.1 Å². The Morgan fingerprint density at radius 2 is 1.56 bits per heavy atom. The van der Waals surface area contributed by atoms with Crippen molar-refractivity contribution in [2.24, 2.45) is 11.7 Å². The Bertz CT molecular complexity index is 778. The largest absolute Gasteiger partial charge is 0.497 e. The molecule has 2 amide bonds. The normalized spacial score (nSPS) is 18.3. The van der Waals surface area contributed by atoms with Crippen LogP contribution in [0.2, 0.25) is 0 Å². The van der Waals surface area contributed by atoms with Gasteiger partial charge in [0.05, 0.1) is 7.11 Å². The molecular weight excluding hydrogens is 366 g/mol. The van der Waals surface area contributed by atoms with Gasteiger partial charge in [-0.25, -0.2) is 0 Å². The number of nitrogens with two attached hydrogens (primary N) is 1.